The molecule has 0 bridgehead atoms. The van der Waals surface area contributed by atoms with E-state index in [1.807, 2.05) is 13.8 Å². The van der Waals surface area contributed by atoms with Crippen molar-refractivity contribution >= 4 is 11.9 Å². The van der Waals surface area contributed by atoms with Gasteiger partial charge in [-0.2, -0.15) is 0 Å². The fraction of sp³-hybridized carbons (Fsp3) is 0.368. The summed E-state index contributed by atoms with van der Waals surface area (Å²) in [5.74, 6) is -0.872. The topological polar surface area (TPSA) is 78.4 Å². The van der Waals surface area contributed by atoms with Crippen LogP contribution in [0.2, 0.25) is 0 Å². The minimum atomic E-state index is -0.454. The Morgan fingerprint density at radius 2 is 1.44 bits per heavy atom. The third-order valence-corrected chi connectivity index (χ3v) is 3.75. The maximum Gasteiger partial charge on any atom is 0.339 e. The smallest absolute Gasteiger partial charge is 0.339 e. The van der Waals surface area contributed by atoms with Gasteiger partial charge in [0, 0.05) is 30.2 Å². The Hall–Kier alpha value is -2.76. The number of aromatic nitrogens is 2. The molecule has 2 aromatic rings. The zero-order valence-electron chi connectivity index (χ0n) is 14.5. The molecule has 0 aliphatic heterocycles. The predicted molar refractivity (Wildman–Crippen MR) is 92.1 cm³/mol. The Labute approximate surface area is 147 Å². The second-order valence-electron chi connectivity index (χ2n) is 6.20. The average Bonchev–Trinajstić information content (AvgIpc) is 2.66. The summed E-state index contributed by atoms with van der Waals surface area (Å²) in [5, 5.41) is 0. The molecule has 0 atom stereocenters. The second-order valence-corrected chi connectivity index (χ2v) is 6.20. The number of nitrogens with zero attached hydrogens (tertiary/aromatic N) is 2. The fourth-order valence-corrected chi connectivity index (χ4v) is 2.40. The molecule has 25 heavy (non-hydrogen) atoms. The van der Waals surface area contributed by atoms with E-state index in [0.29, 0.717) is 11.1 Å². The molecule has 0 unspecified atom stereocenters. The first-order valence-electron chi connectivity index (χ1n) is 8.18. The minimum Gasteiger partial charge on any atom is -0.461 e. The lowest BCUT2D eigenvalue weighted by molar-refractivity contribution is -0.00247. The monoisotopic (exact) mass is 342 g/mol. The molecule has 0 aromatic carbocycles. The number of rotatable bonds is 8. The van der Waals surface area contributed by atoms with Crippen molar-refractivity contribution in [2.75, 3.05) is 13.2 Å². The van der Waals surface area contributed by atoms with E-state index in [1.165, 1.54) is 12.4 Å². The van der Waals surface area contributed by atoms with E-state index in [4.69, 9.17) is 9.47 Å². The number of hydrogen-bond donors (Lipinski definition) is 0. The Morgan fingerprint density at radius 1 is 0.960 bits per heavy atom. The molecule has 6 nitrogen and oxygen atoms in total. The Kier molecular flexibility index (Phi) is 6.62. The average molecular weight is 342 g/mol. The van der Waals surface area contributed by atoms with E-state index in [2.05, 4.69) is 9.97 Å². The molecular weight excluding hydrogens is 320 g/mol. The summed E-state index contributed by atoms with van der Waals surface area (Å²) in [6.45, 7) is 4.29. The van der Waals surface area contributed by atoms with Gasteiger partial charge < -0.3 is 9.47 Å². The molecular formula is C19H22N2O4. The van der Waals surface area contributed by atoms with Crippen LogP contribution in [0.3, 0.4) is 0 Å². The number of esters is 2. The van der Waals surface area contributed by atoms with Crippen molar-refractivity contribution in [1.82, 2.24) is 9.97 Å². The second kappa shape index (κ2) is 8.92. The summed E-state index contributed by atoms with van der Waals surface area (Å²) in [4.78, 5) is 32.0. The summed E-state index contributed by atoms with van der Waals surface area (Å²) in [6, 6.07) is 6.65. The van der Waals surface area contributed by atoms with E-state index in [0.717, 1.165) is 12.8 Å². The number of hydrogen-bond acceptors (Lipinski definition) is 6. The summed E-state index contributed by atoms with van der Waals surface area (Å²) in [7, 11) is 0. The third kappa shape index (κ3) is 5.67. The summed E-state index contributed by atoms with van der Waals surface area (Å²) >= 11 is 0. The molecule has 0 radical (unpaired) electrons. The maximum absolute atomic E-state index is 12.1. The van der Waals surface area contributed by atoms with E-state index >= 15 is 0 Å². The highest BCUT2D eigenvalue weighted by Crippen LogP contribution is 2.25. The predicted octanol–water partition coefficient (Wildman–Crippen LogP) is 3.30. The first kappa shape index (κ1) is 18.6. The van der Waals surface area contributed by atoms with Crippen molar-refractivity contribution in [3.8, 4) is 0 Å². The van der Waals surface area contributed by atoms with Gasteiger partial charge in [0.1, 0.15) is 13.2 Å². The van der Waals surface area contributed by atoms with Gasteiger partial charge >= 0.3 is 11.9 Å². The van der Waals surface area contributed by atoms with Gasteiger partial charge in [0.2, 0.25) is 0 Å². The molecule has 6 heteroatoms. The highest BCUT2D eigenvalue weighted by atomic mass is 16.5. The lowest BCUT2D eigenvalue weighted by Crippen LogP contribution is -2.31. The van der Waals surface area contributed by atoms with Crippen LogP contribution in [0.1, 0.15) is 47.4 Å². The van der Waals surface area contributed by atoms with Crippen LogP contribution in [0.15, 0.2) is 49.1 Å². The van der Waals surface area contributed by atoms with Crippen molar-refractivity contribution in [2.45, 2.75) is 26.7 Å². The van der Waals surface area contributed by atoms with Gasteiger partial charge in [-0.05, 0) is 30.7 Å². The molecule has 2 heterocycles. The number of pyridine rings is 2. The lowest BCUT2D eigenvalue weighted by Gasteiger charge is -2.28. The van der Waals surface area contributed by atoms with Crippen LogP contribution < -0.4 is 0 Å². The van der Waals surface area contributed by atoms with Crippen molar-refractivity contribution in [1.29, 1.82) is 0 Å². The Morgan fingerprint density at radius 3 is 1.80 bits per heavy atom. The molecule has 0 N–H and O–H groups in total. The van der Waals surface area contributed by atoms with Gasteiger partial charge in [-0.3, -0.25) is 9.97 Å². The standard InChI is InChI=1S/C19H22N2O4/c1-3-8-19(2,13-24-17(22)15-6-4-9-20-11-15)14-25-18(23)16-7-5-10-21-12-16/h4-7,9-12H,3,8,13-14H2,1-2H3. The zero-order valence-corrected chi connectivity index (χ0v) is 14.5. The largest absolute Gasteiger partial charge is 0.461 e. The molecule has 0 saturated heterocycles. The first-order valence-corrected chi connectivity index (χ1v) is 8.18. The highest BCUT2D eigenvalue weighted by molar-refractivity contribution is 5.89. The number of ether oxygens (including phenoxy) is 2. The molecule has 0 aliphatic rings. The molecule has 2 rings (SSSR count). The number of carbonyl (C=O) groups is 2. The third-order valence-electron chi connectivity index (χ3n) is 3.75. The SMILES string of the molecule is CCCC(C)(COC(=O)c1cccnc1)COC(=O)c1cccnc1. The van der Waals surface area contributed by atoms with Gasteiger partial charge in [-0.15, -0.1) is 0 Å². The van der Waals surface area contributed by atoms with Crippen LogP contribution in [0.25, 0.3) is 0 Å². The minimum absolute atomic E-state index is 0.162. The Bertz CT molecular complexity index is 634. The fourth-order valence-electron chi connectivity index (χ4n) is 2.40. The molecule has 0 amide bonds. The Balaban J connectivity index is 1.93. The first-order chi connectivity index (χ1) is 12.0. The van der Waals surface area contributed by atoms with E-state index < -0.39 is 17.4 Å². The van der Waals surface area contributed by atoms with E-state index in [9.17, 15) is 9.59 Å². The van der Waals surface area contributed by atoms with E-state index in [-0.39, 0.29) is 13.2 Å². The van der Waals surface area contributed by atoms with Crippen molar-refractivity contribution in [2.24, 2.45) is 5.41 Å². The van der Waals surface area contributed by atoms with Gasteiger partial charge in [-0.1, -0.05) is 20.3 Å². The van der Waals surface area contributed by atoms with Crippen LogP contribution in [-0.2, 0) is 9.47 Å². The maximum atomic E-state index is 12.1. The van der Waals surface area contributed by atoms with Crippen LogP contribution in [0.5, 0.6) is 0 Å². The van der Waals surface area contributed by atoms with Crippen LogP contribution in [-0.4, -0.2) is 35.1 Å². The van der Waals surface area contributed by atoms with Crippen molar-refractivity contribution in [3.05, 3.63) is 60.2 Å². The van der Waals surface area contributed by atoms with Gasteiger partial charge in [0.25, 0.3) is 0 Å². The zero-order chi connectivity index (χ0) is 18.1. The molecule has 2 aromatic heterocycles. The van der Waals surface area contributed by atoms with Crippen LogP contribution >= 0.6 is 0 Å². The molecule has 0 aliphatic carbocycles. The molecule has 0 fully saturated rings. The van der Waals surface area contributed by atoms with Crippen molar-refractivity contribution < 1.29 is 19.1 Å². The normalized spacial score (nSPS) is 11.0. The number of carbonyl (C=O) groups excluding carboxylic acids is 2. The lowest BCUT2D eigenvalue weighted by atomic mass is 9.87. The van der Waals surface area contributed by atoms with Crippen LogP contribution in [0.4, 0.5) is 0 Å². The van der Waals surface area contributed by atoms with Gasteiger partial charge in [-0.25, -0.2) is 9.59 Å². The van der Waals surface area contributed by atoms with Gasteiger partial charge in [0.05, 0.1) is 11.1 Å². The van der Waals surface area contributed by atoms with Crippen LogP contribution in [0, 0.1) is 5.41 Å². The molecule has 0 spiro atoms. The van der Waals surface area contributed by atoms with Gasteiger partial charge in [0.15, 0.2) is 0 Å². The summed E-state index contributed by atoms with van der Waals surface area (Å²) in [5.41, 5.74) is 0.340. The van der Waals surface area contributed by atoms with E-state index in [1.54, 1.807) is 36.7 Å². The summed E-state index contributed by atoms with van der Waals surface area (Å²) < 4.78 is 10.8. The van der Waals surface area contributed by atoms with Crippen molar-refractivity contribution in [3.63, 3.8) is 0 Å². The molecule has 0 saturated carbocycles. The quantitative estimate of drug-likeness (QED) is 0.685. The molecule has 132 valence electrons. The summed E-state index contributed by atoms with van der Waals surface area (Å²) in [6.07, 6.45) is 7.74. The highest BCUT2D eigenvalue weighted by Gasteiger charge is 2.28.